The van der Waals surface area contributed by atoms with Crippen molar-refractivity contribution in [1.82, 2.24) is 0 Å². The summed E-state index contributed by atoms with van der Waals surface area (Å²) in [5.74, 6) is -0.743. The molecule has 0 atom stereocenters. The normalized spacial score (nSPS) is 11.8. The van der Waals surface area contributed by atoms with Crippen LogP contribution in [0.2, 0.25) is 5.02 Å². The second-order valence-electron chi connectivity index (χ2n) is 6.94. The molecular weight excluding hydrogens is 465 g/mol. The van der Waals surface area contributed by atoms with Gasteiger partial charge >= 0.3 is 6.18 Å². The summed E-state index contributed by atoms with van der Waals surface area (Å²) in [6.07, 6.45) is -3.60. The molecule has 1 N–H and O–H groups in total. The van der Waals surface area contributed by atoms with Gasteiger partial charge in [-0.05, 0) is 48.0 Å². The van der Waals surface area contributed by atoms with Crippen LogP contribution in [-0.4, -0.2) is 20.6 Å². The molecule has 5 nitrogen and oxygen atoms in total. The van der Waals surface area contributed by atoms with Crippen LogP contribution in [0.3, 0.4) is 0 Å². The molecule has 0 heterocycles. The van der Waals surface area contributed by atoms with E-state index in [4.69, 9.17) is 11.6 Å². The second-order valence-corrected chi connectivity index (χ2v) is 9.29. The number of alkyl halides is 3. The molecule has 0 aromatic heterocycles. The van der Waals surface area contributed by atoms with E-state index in [0.717, 1.165) is 18.4 Å². The summed E-state index contributed by atoms with van der Waals surface area (Å²) in [6.45, 7) is 0.0279. The molecule has 0 aliphatic rings. The Bertz CT molecular complexity index is 1220. The lowest BCUT2D eigenvalue weighted by molar-refractivity contribution is -0.136. The SMILES string of the molecule is CS(=O)(=O)N(Cc1ccc(C(=O)Nc2ccc(Cl)cc2C(F)(F)F)cc1)c1ccccc1. The molecule has 0 saturated carbocycles. The number of para-hydroxylation sites is 1. The maximum absolute atomic E-state index is 13.2. The predicted octanol–water partition coefficient (Wildman–Crippen LogP) is 5.58. The van der Waals surface area contributed by atoms with Crippen LogP contribution in [0.15, 0.2) is 72.8 Å². The van der Waals surface area contributed by atoms with Crippen LogP contribution in [0.25, 0.3) is 0 Å². The highest BCUT2D eigenvalue weighted by molar-refractivity contribution is 7.92. The molecule has 0 aliphatic heterocycles. The van der Waals surface area contributed by atoms with Gasteiger partial charge in [-0.15, -0.1) is 0 Å². The Balaban J connectivity index is 1.80. The highest BCUT2D eigenvalue weighted by atomic mass is 35.5. The van der Waals surface area contributed by atoms with Crippen molar-refractivity contribution in [3.63, 3.8) is 0 Å². The van der Waals surface area contributed by atoms with Crippen molar-refractivity contribution < 1.29 is 26.4 Å². The molecule has 0 saturated heterocycles. The number of hydrogen-bond donors (Lipinski definition) is 1. The number of sulfonamides is 1. The topological polar surface area (TPSA) is 66.5 Å². The van der Waals surface area contributed by atoms with Gasteiger partial charge in [-0.3, -0.25) is 9.10 Å². The molecule has 168 valence electrons. The molecule has 32 heavy (non-hydrogen) atoms. The molecule has 10 heteroatoms. The summed E-state index contributed by atoms with van der Waals surface area (Å²) >= 11 is 5.65. The van der Waals surface area contributed by atoms with Crippen molar-refractivity contribution in [1.29, 1.82) is 0 Å². The maximum atomic E-state index is 13.2. The summed E-state index contributed by atoms with van der Waals surface area (Å²) < 4.78 is 65.3. The van der Waals surface area contributed by atoms with E-state index < -0.39 is 33.4 Å². The third-order valence-electron chi connectivity index (χ3n) is 4.52. The van der Waals surface area contributed by atoms with Gasteiger partial charge in [-0.2, -0.15) is 13.2 Å². The van der Waals surface area contributed by atoms with E-state index in [0.29, 0.717) is 11.3 Å². The first-order valence-corrected chi connectivity index (χ1v) is 11.5. The van der Waals surface area contributed by atoms with Crippen LogP contribution in [0, 0.1) is 0 Å². The molecular formula is C22H18ClF3N2O3S. The molecule has 3 aromatic rings. The minimum Gasteiger partial charge on any atom is -0.321 e. The van der Waals surface area contributed by atoms with Crippen molar-refractivity contribution in [2.24, 2.45) is 0 Å². The van der Waals surface area contributed by atoms with Gasteiger partial charge in [0.2, 0.25) is 10.0 Å². The Morgan fingerprint density at radius 1 is 1.00 bits per heavy atom. The van der Waals surface area contributed by atoms with Gasteiger partial charge in [0.1, 0.15) is 0 Å². The lowest BCUT2D eigenvalue weighted by Crippen LogP contribution is -2.29. The van der Waals surface area contributed by atoms with Gasteiger partial charge in [0.25, 0.3) is 5.91 Å². The lowest BCUT2D eigenvalue weighted by atomic mass is 10.1. The zero-order chi connectivity index (χ0) is 23.5. The molecule has 3 rings (SSSR count). The van der Waals surface area contributed by atoms with Crippen LogP contribution < -0.4 is 9.62 Å². The second kappa shape index (κ2) is 9.22. The van der Waals surface area contributed by atoms with Crippen LogP contribution in [0.4, 0.5) is 24.5 Å². The quantitative estimate of drug-likeness (QED) is 0.499. The minimum atomic E-state index is -4.69. The van der Waals surface area contributed by atoms with E-state index in [9.17, 15) is 26.4 Å². The smallest absolute Gasteiger partial charge is 0.321 e. The summed E-state index contributed by atoms with van der Waals surface area (Å²) in [6, 6.07) is 17.5. The van der Waals surface area contributed by atoms with E-state index in [-0.39, 0.29) is 17.1 Å². The number of benzene rings is 3. The number of hydrogen-bond acceptors (Lipinski definition) is 3. The lowest BCUT2D eigenvalue weighted by Gasteiger charge is -2.22. The van der Waals surface area contributed by atoms with Crippen LogP contribution in [0.5, 0.6) is 0 Å². The monoisotopic (exact) mass is 482 g/mol. The Kier molecular flexibility index (Phi) is 6.80. The molecule has 0 bridgehead atoms. The van der Waals surface area contributed by atoms with Gasteiger partial charge in [0, 0.05) is 10.6 Å². The van der Waals surface area contributed by atoms with Crippen molar-refractivity contribution in [2.75, 3.05) is 15.9 Å². The van der Waals surface area contributed by atoms with Crippen molar-refractivity contribution >= 4 is 38.9 Å². The number of nitrogens with one attached hydrogen (secondary N) is 1. The summed E-state index contributed by atoms with van der Waals surface area (Å²) in [5, 5.41) is 2.14. The zero-order valence-corrected chi connectivity index (χ0v) is 18.3. The number of halogens is 4. The number of carbonyl (C=O) groups excluding carboxylic acids is 1. The van der Waals surface area contributed by atoms with Gasteiger partial charge < -0.3 is 5.32 Å². The van der Waals surface area contributed by atoms with Gasteiger partial charge in [0.05, 0.1) is 29.7 Å². The standard InChI is InChI=1S/C22H18ClF3N2O3S/c1-32(30,31)28(18-5-3-2-4-6-18)14-15-7-9-16(10-8-15)21(29)27-20-12-11-17(23)13-19(20)22(24,25)26/h2-13H,14H2,1H3,(H,27,29). The van der Waals surface area contributed by atoms with Crippen LogP contribution in [-0.2, 0) is 22.7 Å². The molecule has 0 aliphatic carbocycles. The van der Waals surface area contributed by atoms with E-state index in [1.807, 2.05) is 0 Å². The number of anilines is 2. The first-order chi connectivity index (χ1) is 14.9. The third kappa shape index (κ3) is 5.80. The van der Waals surface area contributed by atoms with E-state index in [2.05, 4.69) is 5.32 Å². The zero-order valence-electron chi connectivity index (χ0n) is 16.7. The fraction of sp³-hybridized carbons (Fsp3) is 0.136. The largest absolute Gasteiger partial charge is 0.418 e. The number of rotatable bonds is 6. The van der Waals surface area contributed by atoms with Crippen molar-refractivity contribution in [3.8, 4) is 0 Å². The van der Waals surface area contributed by atoms with Gasteiger partial charge in [-0.25, -0.2) is 8.42 Å². The highest BCUT2D eigenvalue weighted by Crippen LogP contribution is 2.36. The van der Waals surface area contributed by atoms with Crippen molar-refractivity contribution in [3.05, 3.63) is 94.5 Å². The fourth-order valence-electron chi connectivity index (χ4n) is 2.98. The molecule has 0 spiro atoms. The summed E-state index contributed by atoms with van der Waals surface area (Å²) in [7, 11) is -3.57. The fourth-order valence-corrected chi connectivity index (χ4v) is 4.04. The first-order valence-electron chi connectivity index (χ1n) is 9.25. The van der Waals surface area contributed by atoms with Crippen LogP contribution in [0.1, 0.15) is 21.5 Å². The van der Waals surface area contributed by atoms with E-state index in [1.165, 1.54) is 22.5 Å². The first kappa shape index (κ1) is 23.6. The number of amides is 1. The Labute approximate surface area is 188 Å². The molecule has 0 unspecified atom stereocenters. The number of carbonyl (C=O) groups is 1. The molecule has 3 aromatic carbocycles. The van der Waals surface area contributed by atoms with Crippen LogP contribution >= 0.6 is 11.6 Å². The molecule has 0 radical (unpaired) electrons. The maximum Gasteiger partial charge on any atom is 0.418 e. The van der Waals surface area contributed by atoms with E-state index in [1.54, 1.807) is 42.5 Å². The third-order valence-corrected chi connectivity index (χ3v) is 5.90. The molecule has 1 amide bonds. The van der Waals surface area contributed by atoms with Crippen molar-refractivity contribution in [2.45, 2.75) is 12.7 Å². The minimum absolute atomic E-state index is 0.0279. The average Bonchev–Trinajstić information content (AvgIpc) is 2.72. The van der Waals surface area contributed by atoms with Gasteiger partial charge in [0.15, 0.2) is 0 Å². The predicted molar refractivity (Wildman–Crippen MR) is 118 cm³/mol. The summed E-state index contributed by atoms with van der Waals surface area (Å²) in [4.78, 5) is 12.5. The Hall–Kier alpha value is -3.04. The number of nitrogens with zero attached hydrogens (tertiary/aromatic N) is 1. The Morgan fingerprint density at radius 2 is 1.62 bits per heavy atom. The Morgan fingerprint density at radius 3 is 2.19 bits per heavy atom. The average molecular weight is 483 g/mol. The van der Waals surface area contributed by atoms with E-state index >= 15 is 0 Å². The highest BCUT2D eigenvalue weighted by Gasteiger charge is 2.34. The van der Waals surface area contributed by atoms with Gasteiger partial charge in [-0.1, -0.05) is 41.9 Å². The summed E-state index contributed by atoms with van der Waals surface area (Å²) in [5.41, 5.74) is -0.273. The molecule has 0 fully saturated rings.